The fourth-order valence-electron chi connectivity index (χ4n) is 3.38. The fourth-order valence-corrected chi connectivity index (χ4v) is 3.38. The molecule has 0 aliphatic heterocycles. The summed E-state index contributed by atoms with van der Waals surface area (Å²) in [6, 6.07) is 8.34. The number of rotatable bonds is 2. The van der Waals surface area contributed by atoms with Gasteiger partial charge in [0.25, 0.3) is 0 Å². The number of carbonyl (C=O) groups excluding carboxylic acids is 1. The number of benzene rings is 1. The van der Waals surface area contributed by atoms with Crippen LogP contribution in [-0.4, -0.2) is 10.5 Å². The molecule has 0 saturated heterocycles. The summed E-state index contributed by atoms with van der Waals surface area (Å²) >= 11 is 0. The van der Waals surface area contributed by atoms with Crippen LogP contribution in [0.2, 0.25) is 0 Å². The highest BCUT2D eigenvalue weighted by atomic mass is 16.2. The Morgan fingerprint density at radius 1 is 1.47 bits per heavy atom. The second kappa shape index (κ2) is 4.70. The molecule has 1 unspecified atom stereocenters. The fraction of sp³-hybridized carbons (Fsp3) is 0.400. The lowest BCUT2D eigenvalue weighted by atomic mass is 9.84. The first-order valence-corrected chi connectivity index (χ1v) is 6.88. The summed E-state index contributed by atoms with van der Waals surface area (Å²) in [5, 5.41) is 1.20. The van der Waals surface area contributed by atoms with Gasteiger partial charge in [-0.3, -0.25) is 10.2 Å². The number of nitrogens with zero attached hydrogens (tertiary/aromatic N) is 1. The number of nitrogens with one attached hydrogen (secondary N) is 1. The van der Waals surface area contributed by atoms with E-state index in [4.69, 9.17) is 5.84 Å². The third kappa shape index (κ3) is 1.75. The summed E-state index contributed by atoms with van der Waals surface area (Å²) in [5.74, 6) is 5.16. The second-order valence-electron chi connectivity index (χ2n) is 5.08. The molecule has 0 saturated carbocycles. The van der Waals surface area contributed by atoms with Gasteiger partial charge in [-0.25, -0.2) is 5.84 Å². The van der Waals surface area contributed by atoms with Crippen molar-refractivity contribution in [2.75, 3.05) is 0 Å². The molecule has 0 spiro atoms. The average Bonchev–Trinajstić information content (AvgIpc) is 2.80. The first-order chi connectivity index (χ1) is 9.27. The van der Waals surface area contributed by atoms with Crippen molar-refractivity contribution >= 4 is 16.8 Å². The molecule has 1 aromatic carbocycles. The Balaban J connectivity index is 2.28. The summed E-state index contributed by atoms with van der Waals surface area (Å²) < 4.78 is 2.33. The number of aromatic nitrogens is 1. The van der Waals surface area contributed by atoms with Gasteiger partial charge in [0, 0.05) is 23.1 Å². The highest BCUT2D eigenvalue weighted by Crippen LogP contribution is 2.39. The van der Waals surface area contributed by atoms with Gasteiger partial charge in [0.1, 0.15) is 0 Å². The number of fused-ring (bicyclic) bond motifs is 3. The molecule has 2 aromatic rings. The summed E-state index contributed by atoms with van der Waals surface area (Å²) in [5.41, 5.74) is 6.04. The molecule has 4 nitrogen and oxygen atoms in total. The number of hydrogen-bond donors (Lipinski definition) is 2. The van der Waals surface area contributed by atoms with Crippen LogP contribution < -0.4 is 11.3 Å². The van der Waals surface area contributed by atoms with Crippen molar-refractivity contribution in [3.8, 4) is 0 Å². The van der Waals surface area contributed by atoms with Gasteiger partial charge in [-0.1, -0.05) is 18.2 Å². The molecule has 1 aliphatic rings. The molecule has 1 amide bonds. The lowest BCUT2D eigenvalue weighted by Gasteiger charge is -2.22. The van der Waals surface area contributed by atoms with E-state index < -0.39 is 0 Å². The van der Waals surface area contributed by atoms with Crippen LogP contribution in [0.15, 0.2) is 24.3 Å². The Morgan fingerprint density at radius 2 is 2.26 bits per heavy atom. The summed E-state index contributed by atoms with van der Waals surface area (Å²) in [7, 11) is 0. The molecule has 0 bridgehead atoms. The van der Waals surface area contributed by atoms with Crippen molar-refractivity contribution < 1.29 is 4.79 Å². The molecule has 1 atom stereocenters. The smallest absolute Gasteiger partial charge is 0.241 e. The quantitative estimate of drug-likeness (QED) is 0.491. The standard InChI is InChI=1S/C15H19N3O/c1-2-18-12-8-4-3-6-10(12)14-11(15(19)17-16)7-5-9-13(14)18/h3-4,6,8,11H,2,5,7,9,16H2,1H3,(H,17,19). The normalized spacial score (nSPS) is 18.3. The van der Waals surface area contributed by atoms with E-state index in [-0.39, 0.29) is 11.8 Å². The second-order valence-corrected chi connectivity index (χ2v) is 5.08. The average molecular weight is 257 g/mol. The Hall–Kier alpha value is -1.81. The minimum absolute atomic E-state index is 0.0695. The monoisotopic (exact) mass is 257 g/mol. The van der Waals surface area contributed by atoms with Crippen molar-refractivity contribution in [1.29, 1.82) is 0 Å². The number of hydrazine groups is 1. The van der Waals surface area contributed by atoms with Crippen molar-refractivity contribution in [3.63, 3.8) is 0 Å². The van der Waals surface area contributed by atoms with E-state index >= 15 is 0 Å². The zero-order valence-electron chi connectivity index (χ0n) is 11.1. The maximum Gasteiger partial charge on any atom is 0.241 e. The molecule has 1 aliphatic carbocycles. The van der Waals surface area contributed by atoms with Gasteiger partial charge < -0.3 is 4.57 Å². The predicted octanol–water partition coefficient (Wildman–Crippen LogP) is 2.07. The zero-order chi connectivity index (χ0) is 13.4. The molecular formula is C15H19N3O. The first-order valence-electron chi connectivity index (χ1n) is 6.88. The summed E-state index contributed by atoms with van der Waals surface area (Å²) in [4.78, 5) is 12.0. The number of aryl methyl sites for hydroxylation is 1. The van der Waals surface area contributed by atoms with E-state index in [1.165, 1.54) is 22.2 Å². The van der Waals surface area contributed by atoms with Crippen LogP contribution in [0.25, 0.3) is 10.9 Å². The van der Waals surface area contributed by atoms with Crippen LogP contribution in [0, 0.1) is 0 Å². The lowest BCUT2D eigenvalue weighted by Crippen LogP contribution is -2.36. The Morgan fingerprint density at radius 3 is 3.00 bits per heavy atom. The van der Waals surface area contributed by atoms with E-state index in [0.717, 1.165) is 25.8 Å². The van der Waals surface area contributed by atoms with Crippen LogP contribution in [0.5, 0.6) is 0 Å². The molecule has 3 N–H and O–H groups in total. The number of carbonyl (C=O) groups is 1. The van der Waals surface area contributed by atoms with Crippen molar-refractivity contribution in [2.24, 2.45) is 5.84 Å². The zero-order valence-corrected chi connectivity index (χ0v) is 11.1. The van der Waals surface area contributed by atoms with E-state index in [1.54, 1.807) is 0 Å². The molecule has 1 heterocycles. The van der Waals surface area contributed by atoms with Gasteiger partial charge in [0.05, 0.1) is 5.92 Å². The summed E-state index contributed by atoms with van der Waals surface area (Å²) in [6.45, 7) is 3.09. The van der Waals surface area contributed by atoms with Crippen LogP contribution in [-0.2, 0) is 17.8 Å². The van der Waals surface area contributed by atoms with Crippen LogP contribution in [0.1, 0.15) is 36.9 Å². The van der Waals surface area contributed by atoms with Gasteiger partial charge in [-0.15, -0.1) is 0 Å². The first kappa shape index (κ1) is 12.2. The number of amides is 1. The lowest BCUT2D eigenvalue weighted by molar-refractivity contribution is -0.122. The van der Waals surface area contributed by atoms with Crippen LogP contribution >= 0.6 is 0 Å². The predicted molar refractivity (Wildman–Crippen MR) is 75.6 cm³/mol. The SMILES string of the molecule is CCn1c2c(c3ccccc31)C(C(=O)NN)CCC2. The third-order valence-electron chi connectivity index (χ3n) is 4.15. The maximum absolute atomic E-state index is 12.0. The number of para-hydroxylation sites is 1. The van der Waals surface area contributed by atoms with E-state index in [9.17, 15) is 4.79 Å². The molecule has 0 radical (unpaired) electrons. The Kier molecular flexibility index (Phi) is 3.03. The molecule has 3 rings (SSSR count). The van der Waals surface area contributed by atoms with Crippen molar-refractivity contribution in [2.45, 2.75) is 38.6 Å². The van der Waals surface area contributed by atoms with Crippen molar-refractivity contribution in [1.82, 2.24) is 9.99 Å². The molecule has 19 heavy (non-hydrogen) atoms. The topological polar surface area (TPSA) is 60.0 Å². The highest BCUT2D eigenvalue weighted by Gasteiger charge is 2.31. The highest BCUT2D eigenvalue weighted by molar-refractivity contribution is 5.93. The van der Waals surface area contributed by atoms with Crippen LogP contribution in [0.4, 0.5) is 0 Å². The number of hydrogen-bond acceptors (Lipinski definition) is 2. The summed E-state index contributed by atoms with van der Waals surface area (Å²) in [6.07, 6.45) is 2.97. The van der Waals surface area contributed by atoms with Gasteiger partial charge in [-0.05, 0) is 37.8 Å². The molecule has 4 heteroatoms. The Labute approximate surface area is 112 Å². The molecular weight excluding hydrogens is 238 g/mol. The van der Waals surface area contributed by atoms with E-state index in [2.05, 4.69) is 35.1 Å². The van der Waals surface area contributed by atoms with Gasteiger partial charge in [-0.2, -0.15) is 0 Å². The van der Waals surface area contributed by atoms with Crippen LogP contribution in [0.3, 0.4) is 0 Å². The van der Waals surface area contributed by atoms with Gasteiger partial charge in [0.15, 0.2) is 0 Å². The van der Waals surface area contributed by atoms with E-state index in [1.807, 2.05) is 6.07 Å². The largest absolute Gasteiger partial charge is 0.345 e. The minimum Gasteiger partial charge on any atom is -0.345 e. The van der Waals surface area contributed by atoms with Gasteiger partial charge in [0.2, 0.25) is 5.91 Å². The minimum atomic E-state index is -0.105. The third-order valence-corrected chi connectivity index (χ3v) is 4.15. The Bertz CT molecular complexity index is 630. The van der Waals surface area contributed by atoms with E-state index in [0.29, 0.717) is 0 Å². The number of nitrogens with two attached hydrogens (primary N) is 1. The molecule has 100 valence electrons. The van der Waals surface area contributed by atoms with Crippen molar-refractivity contribution in [3.05, 3.63) is 35.5 Å². The van der Waals surface area contributed by atoms with Gasteiger partial charge >= 0.3 is 0 Å². The molecule has 1 aromatic heterocycles. The molecule has 0 fully saturated rings. The maximum atomic E-state index is 12.0.